The zero-order chi connectivity index (χ0) is 23.6. The van der Waals surface area contributed by atoms with Crippen LogP contribution in [0, 0.1) is 0 Å². The molecule has 0 saturated carbocycles. The number of rotatable bonds is 6. The van der Waals surface area contributed by atoms with Crippen molar-refractivity contribution in [3.63, 3.8) is 0 Å². The van der Waals surface area contributed by atoms with Gasteiger partial charge in [-0.3, -0.25) is 14.5 Å². The maximum absolute atomic E-state index is 13.5. The third-order valence-corrected chi connectivity index (χ3v) is 7.12. The predicted octanol–water partition coefficient (Wildman–Crippen LogP) is 6.87. The molecule has 4 nitrogen and oxygen atoms in total. The molecule has 0 aliphatic carbocycles. The van der Waals surface area contributed by atoms with Gasteiger partial charge in [-0.05, 0) is 62.2 Å². The van der Waals surface area contributed by atoms with Crippen molar-refractivity contribution in [1.82, 2.24) is 4.90 Å². The SMILES string of the molecule is C[C@@]1(C(=O)Nc2ccc(Cl)cc2C(=O)c2ccccc2)CCCN1Cc1ccc(Cl)c(Cl)c1. The molecule has 1 heterocycles. The first-order chi connectivity index (χ1) is 15.8. The minimum atomic E-state index is -0.737. The molecule has 7 heteroatoms. The van der Waals surface area contributed by atoms with E-state index in [9.17, 15) is 9.59 Å². The van der Waals surface area contributed by atoms with E-state index in [2.05, 4.69) is 10.2 Å². The summed E-state index contributed by atoms with van der Waals surface area (Å²) in [5.41, 5.74) is 1.58. The summed E-state index contributed by atoms with van der Waals surface area (Å²) in [7, 11) is 0. The van der Waals surface area contributed by atoms with Crippen LogP contribution in [0.2, 0.25) is 15.1 Å². The fourth-order valence-electron chi connectivity index (χ4n) is 4.20. The quantitative estimate of drug-likeness (QED) is 0.375. The Hall–Kier alpha value is -2.37. The van der Waals surface area contributed by atoms with Crippen molar-refractivity contribution < 1.29 is 9.59 Å². The molecule has 170 valence electrons. The average molecular weight is 502 g/mol. The fourth-order valence-corrected chi connectivity index (χ4v) is 4.70. The lowest BCUT2D eigenvalue weighted by molar-refractivity contribution is -0.125. The van der Waals surface area contributed by atoms with E-state index in [0.717, 1.165) is 18.5 Å². The highest BCUT2D eigenvalue weighted by molar-refractivity contribution is 6.42. The minimum Gasteiger partial charge on any atom is -0.324 e. The molecule has 0 spiro atoms. The molecule has 4 rings (SSSR count). The Kier molecular flexibility index (Phi) is 7.10. The molecular weight excluding hydrogens is 479 g/mol. The van der Waals surface area contributed by atoms with E-state index >= 15 is 0 Å². The zero-order valence-electron chi connectivity index (χ0n) is 18.1. The lowest BCUT2D eigenvalue weighted by Crippen LogP contribution is -2.50. The second-order valence-electron chi connectivity index (χ2n) is 8.39. The van der Waals surface area contributed by atoms with Gasteiger partial charge in [-0.15, -0.1) is 0 Å². The summed E-state index contributed by atoms with van der Waals surface area (Å²) in [6.45, 7) is 3.28. The third kappa shape index (κ3) is 5.10. The lowest BCUT2D eigenvalue weighted by atomic mass is 9.96. The second kappa shape index (κ2) is 9.86. The maximum Gasteiger partial charge on any atom is 0.244 e. The molecule has 1 aliphatic rings. The Morgan fingerprint density at radius 3 is 2.45 bits per heavy atom. The highest BCUT2D eigenvalue weighted by atomic mass is 35.5. The molecule has 0 bridgehead atoms. The number of anilines is 1. The maximum atomic E-state index is 13.5. The van der Waals surface area contributed by atoms with E-state index < -0.39 is 5.54 Å². The number of hydrogen-bond acceptors (Lipinski definition) is 3. The van der Waals surface area contributed by atoms with E-state index in [1.54, 1.807) is 48.5 Å². The van der Waals surface area contributed by atoms with Gasteiger partial charge in [0.15, 0.2) is 5.78 Å². The number of amides is 1. The lowest BCUT2D eigenvalue weighted by Gasteiger charge is -2.34. The minimum absolute atomic E-state index is 0.163. The highest BCUT2D eigenvalue weighted by Crippen LogP contribution is 2.34. The van der Waals surface area contributed by atoms with Gasteiger partial charge in [0, 0.05) is 22.7 Å². The van der Waals surface area contributed by atoms with Crippen LogP contribution in [0.25, 0.3) is 0 Å². The van der Waals surface area contributed by atoms with Crippen LogP contribution >= 0.6 is 34.8 Å². The van der Waals surface area contributed by atoms with Crippen molar-refractivity contribution in [2.45, 2.75) is 31.8 Å². The van der Waals surface area contributed by atoms with Gasteiger partial charge in [-0.1, -0.05) is 71.2 Å². The van der Waals surface area contributed by atoms with E-state index in [-0.39, 0.29) is 11.7 Å². The molecule has 1 N–H and O–H groups in total. The Bertz CT molecular complexity index is 1200. The summed E-state index contributed by atoms with van der Waals surface area (Å²) in [5.74, 6) is -0.359. The van der Waals surface area contributed by atoms with Crippen molar-refractivity contribution >= 4 is 52.2 Å². The Morgan fingerprint density at radius 1 is 0.970 bits per heavy atom. The first-order valence-electron chi connectivity index (χ1n) is 10.7. The van der Waals surface area contributed by atoms with Crippen LogP contribution in [0.15, 0.2) is 66.7 Å². The number of nitrogens with zero attached hydrogens (tertiary/aromatic N) is 1. The highest BCUT2D eigenvalue weighted by Gasteiger charge is 2.43. The van der Waals surface area contributed by atoms with Gasteiger partial charge in [0.1, 0.15) is 0 Å². The van der Waals surface area contributed by atoms with Crippen LogP contribution in [-0.2, 0) is 11.3 Å². The smallest absolute Gasteiger partial charge is 0.244 e. The van der Waals surface area contributed by atoms with Crippen molar-refractivity contribution in [2.24, 2.45) is 0 Å². The van der Waals surface area contributed by atoms with Crippen molar-refractivity contribution in [2.75, 3.05) is 11.9 Å². The van der Waals surface area contributed by atoms with Crippen LogP contribution in [0.3, 0.4) is 0 Å². The Labute approximate surface area is 208 Å². The molecule has 1 aliphatic heterocycles. The molecule has 1 atom stereocenters. The number of benzene rings is 3. The molecule has 3 aromatic rings. The van der Waals surface area contributed by atoms with E-state index in [1.807, 2.05) is 25.1 Å². The summed E-state index contributed by atoms with van der Waals surface area (Å²) in [5, 5.41) is 4.42. The Morgan fingerprint density at radius 2 is 1.73 bits per heavy atom. The van der Waals surface area contributed by atoms with Crippen LogP contribution in [-0.4, -0.2) is 28.7 Å². The number of carbonyl (C=O) groups is 2. The van der Waals surface area contributed by atoms with E-state index in [1.165, 1.54) is 0 Å². The molecule has 1 fully saturated rings. The zero-order valence-corrected chi connectivity index (χ0v) is 20.3. The van der Waals surface area contributed by atoms with Crippen LogP contribution in [0.1, 0.15) is 41.3 Å². The summed E-state index contributed by atoms with van der Waals surface area (Å²) < 4.78 is 0. The van der Waals surface area contributed by atoms with Crippen LogP contribution in [0.4, 0.5) is 5.69 Å². The van der Waals surface area contributed by atoms with Crippen molar-refractivity contribution in [3.05, 3.63) is 98.5 Å². The number of halogens is 3. The molecule has 33 heavy (non-hydrogen) atoms. The van der Waals surface area contributed by atoms with Gasteiger partial charge < -0.3 is 5.32 Å². The number of likely N-dealkylation sites (tertiary alicyclic amines) is 1. The largest absolute Gasteiger partial charge is 0.324 e. The standard InChI is InChI=1S/C26H23Cl3N2O2/c1-26(12-5-13-31(26)16-17-8-10-21(28)22(29)14-17)25(33)30-23-11-9-19(27)15-20(23)24(32)18-6-3-2-4-7-18/h2-4,6-11,14-15H,5,12-13,16H2,1H3,(H,30,33)/t26-/m0/s1. The van der Waals surface area contributed by atoms with Gasteiger partial charge in [0.05, 0.1) is 21.3 Å². The summed E-state index contributed by atoms with van der Waals surface area (Å²) >= 11 is 18.4. The first kappa shape index (κ1) is 23.8. The van der Waals surface area contributed by atoms with Gasteiger partial charge in [0.2, 0.25) is 5.91 Å². The van der Waals surface area contributed by atoms with Crippen LogP contribution in [0.5, 0.6) is 0 Å². The average Bonchev–Trinajstić information content (AvgIpc) is 3.19. The van der Waals surface area contributed by atoms with Crippen LogP contribution < -0.4 is 5.32 Å². The van der Waals surface area contributed by atoms with E-state index in [0.29, 0.717) is 44.8 Å². The van der Waals surface area contributed by atoms with Crippen molar-refractivity contribution in [1.29, 1.82) is 0 Å². The monoisotopic (exact) mass is 500 g/mol. The second-order valence-corrected chi connectivity index (χ2v) is 9.64. The van der Waals surface area contributed by atoms with Gasteiger partial charge in [-0.2, -0.15) is 0 Å². The Balaban J connectivity index is 1.58. The van der Waals surface area contributed by atoms with Gasteiger partial charge >= 0.3 is 0 Å². The topological polar surface area (TPSA) is 49.4 Å². The molecule has 0 aromatic heterocycles. The predicted molar refractivity (Wildman–Crippen MR) is 134 cm³/mol. The number of ketones is 1. The van der Waals surface area contributed by atoms with Gasteiger partial charge in [-0.25, -0.2) is 0 Å². The summed E-state index contributed by atoms with van der Waals surface area (Å²) in [4.78, 5) is 28.8. The molecular formula is C26H23Cl3N2O2. The normalized spacial score (nSPS) is 18.3. The number of hydrogen-bond donors (Lipinski definition) is 1. The van der Waals surface area contributed by atoms with E-state index in [4.69, 9.17) is 34.8 Å². The fraction of sp³-hybridized carbons (Fsp3) is 0.231. The number of nitrogens with one attached hydrogen (secondary N) is 1. The number of carbonyl (C=O) groups excluding carboxylic acids is 2. The first-order valence-corrected chi connectivity index (χ1v) is 11.8. The molecule has 0 radical (unpaired) electrons. The summed E-state index contributed by atoms with van der Waals surface area (Å²) in [6.07, 6.45) is 1.59. The molecule has 1 amide bonds. The molecule has 0 unspecified atom stereocenters. The van der Waals surface area contributed by atoms with Gasteiger partial charge in [0.25, 0.3) is 0 Å². The van der Waals surface area contributed by atoms with Crippen molar-refractivity contribution in [3.8, 4) is 0 Å². The molecule has 1 saturated heterocycles. The summed E-state index contributed by atoms with van der Waals surface area (Å²) in [6, 6.07) is 19.4. The molecule has 3 aromatic carbocycles. The third-order valence-electron chi connectivity index (χ3n) is 6.15.